The summed E-state index contributed by atoms with van der Waals surface area (Å²) in [5.74, 6) is 0.0776. The van der Waals surface area contributed by atoms with Crippen LogP contribution in [0.1, 0.15) is 19.8 Å². The zero-order valence-electron chi connectivity index (χ0n) is 13.2. The van der Waals surface area contributed by atoms with Gasteiger partial charge in [-0.2, -0.15) is 5.10 Å². The smallest absolute Gasteiger partial charge is 0.220 e. The van der Waals surface area contributed by atoms with E-state index in [9.17, 15) is 4.79 Å². The van der Waals surface area contributed by atoms with Crippen LogP contribution in [-0.2, 0) is 9.53 Å². The second kappa shape index (κ2) is 7.18. The summed E-state index contributed by atoms with van der Waals surface area (Å²) in [6, 6.07) is -0.0104. The van der Waals surface area contributed by atoms with Gasteiger partial charge in [-0.05, 0) is 18.6 Å². The number of fused-ring (bicyclic) bond motifs is 1. The second-order valence-electron chi connectivity index (χ2n) is 5.69. The first-order chi connectivity index (χ1) is 11.2. The molecule has 0 aromatic carbocycles. The topological polar surface area (TPSA) is 69.5 Å². The van der Waals surface area contributed by atoms with Gasteiger partial charge >= 0.3 is 0 Å². The highest BCUT2D eigenvalue weighted by Crippen LogP contribution is 2.20. The Labute approximate surface area is 141 Å². The summed E-state index contributed by atoms with van der Waals surface area (Å²) in [4.78, 5) is 20.1. The fourth-order valence-electron chi connectivity index (χ4n) is 3.01. The van der Waals surface area contributed by atoms with Gasteiger partial charge in [-0.25, -0.2) is 0 Å². The Morgan fingerprint density at radius 1 is 1.43 bits per heavy atom. The van der Waals surface area contributed by atoms with Crippen LogP contribution in [0.25, 0.3) is 0 Å². The molecule has 0 spiro atoms. The third-order valence-corrected chi connectivity index (χ3v) is 4.59. The lowest BCUT2D eigenvalue weighted by molar-refractivity contribution is -0.129. The summed E-state index contributed by atoms with van der Waals surface area (Å²) in [6.45, 7) is 5.20. The lowest BCUT2D eigenvalue weighted by atomic mass is 9.93. The molecule has 3 aliphatic heterocycles. The van der Waals surface area contributed by atoms with Crippen LogP contribution in [0.15, 0.2) is 22.4 Å². The number of amides is 1. The van der Waals surface area contributed by atoms with E-state index in [1.165, 1.54) is 0 Å². The Balaban J connectivity index is 1.69. The molecule has 2 fully saturated rings. The summed E-state index contributed by atoms with van der Waals surface area (Å²) < 4.78 is 5.32. The van der Waals surface area contributed by atoms with Crippen molar-refractivity contribution in [2.45, 2.75) is 25.8 Å². The van der Waals surface area contributed by atoms with Crippen molar-refractivity contribution in [2.75, 3.05) is 32.8 Å². The maximum Gasteiger partial charge on any atom is 0.220 e. The highest BCUT2D eigenvalue weighted by atomic mass is 32.1. The number of likely N-dealkylation sites (tertiary alicyclic amines) is 1. The monoisotopic (exact) mass is 335 g/mol. The van der Waals surface area contributed by atoms with E-state index in [2.05, 4.69) is 15.5 Å². The van der Waals surface area contributed by atoms with Crippen molar-refractivity contribution in [3.63, 3.8) is 0 Å². The van der Waals surface area contributed by atoms with Crippen molar-refractivity contribution in [1.82, 2.24) is 15.2 Å². The number of aliphatic imine (C=N–C) groups is 1. The number of hydrogen-bond donors (Lipinski definition) is 1. The van der Waals surface area contributed by atoms with Gasteiger partial charge < -0.3 is 14.5 Å². The molecule has 0 bridgehead atoms. The van der Waals surface area contributed by atoms with Gasteiger partial charge in [-0.1, -0.05) is 6.08 Å². The number of hydrogen-bond acceptors (Lipinski definition) is 5. The van der Waals surface area contributed by atoms with Crippen LogP contribution >= 0.6 is 12.2 Å². The minimum atomic E-state index is -0.0104. The van der Waals surface area contributed by atoms with Crippen molar-refractivity contribution in [3.8, 4) is 0 Å². The van der Waals surface area contributed by atoms with Gasteiger partial charge in [0.25, 0.3) is 0 Å². The number of thiocarbonyl (C=S) groups is 1. The van der Waals surface area contributed by atoms with Crippen molar-refractivity contribution in [2.24, 2.45) is 10.1 Å². The number of carbonyl (C=O) groups is 1. The highest BCUT2D eigenvalue weighted by molar-refractivity contribution is 7.80. The van der Waals surface area contributed by atoms with Crippen LogP contribution in [-0.4, -0.2) is 71.1 Å². The average Bonchev–Trinajstić information content (AvgIpc) is 2.59. The summed E-state index contributed by atoms with van der Waals surface area (Å²) >= 11 is 5.39. The van der Waals surface area contributed by atoms with E-state index >= 15 is 0 Å². The number of rotatable bonds is 1. The Bertz CT molecular complexity index is 580. The van der Waals surface area contributed by atoms with Crippen LogP contribution < -0.4 is 5.43 Å². The molecule has 0 aliphatic carbocycles. The number of hydrazone groups is 1. The number of nitrogens with one attached hydrogen (secondary N) is 1. The maximum atomic E-state index is 11.8. The van der Waals surface area contributed by atoms with Crippen molar-refractivity contribution < 1.29 is 9.53 Å². The Hall–Kier alpha value is -1.80. The quantitative estimate of drug-likeness (QED) is 0.559. The fraction of sp³-hybridized carbons (Fsp3) is 0.600. The fourth-order valence-corrected chi connectivity index (χ4v) is 3.24. The van der Waals surface area contributed by atoms with Gasteiger partial charge in [0, 0.05) is 39.2 Å². The number of piperidine rings is 1. The number of morpholine rings is 1. The molecule has 7 nitrogen and oxygen atoms in total. The van der Waals surface area contributed by atoms with E-state index in [1.54, 1.807) is 13.1 Å². The summed E-state index contributed by atoms with van der Waals surface area (Å²) in [5.41, 5.74) is 4.73. The molecular formula is C15H21N5O2S. The van der Waals surface area contributed by atoms with Crippen LogP contribution in [0.4, 0.5) is 0 Å². The maximum absolute atomic E-state index is 11.8. The summed E-state index contributed by atoms with van der Waals surface area (Å²) in [7, 11) is 0. The predicted molar refractivity (Wildman–Crippen MR) is 92.5 cm³/mol. The third kappa shape index (κ3) is 3.59. The van der Waals surface area contributed by atoms with Crippen molar-refractivity contribution >= 4 is 34.7 Å². The molecule has 3 heterocycles. The Morgan fingerprint density at radius 3 is 2.96 bits per heavy atom. The summed E-state index contributed by atoms with van der Waals surface area (Å²) in [6.07, 6.45) is 5.23. The molecule has 1 atom stereocenters. The van der Waals surface area contributed by atoms with E-state index in [-0.39, 0.29) is 11.9 Å². The second-order valence-corrected chi connectivity index (χ2v) is 6.07. The van der Waals surface area contributed by atoms with Gasteiger partial charge in [-0.15, -0.1) is 0 Å². The Morgan fingerprint density at radius 2 is 2.22 bits per heavy atom. The zero-order chi connectivity index (χ0) is 16.2. The van der Waals surface area contributed by atoms with Crippen LogP contribution in [0.5, 0.6) is 0 Å². The molecule has 124 valence electrons. The minimum Gasteiger partial charge on any atom is -0.378 e. The molecule has 0 radical (unpaired) electrons. The molecule has 3 aliphatic rings. The predicted octanol–water partition coefficient (Wildman–Crippen LogP) is 0.528. The zero-order valence-corrected chi connectivity index (χ0v) is 14.0. The van der Waals surface area contributed by atoms with Gasteiger partial charge in [0.05, 0.1) is 30.7 Å². The lowest BCUT2D eigenvalue weighted by Crippen LogP contribution is -2.53. The van der Waals surface area contributed by atoms with E-state index in [0.29, 0.717) is 31.3 Å². The normalized spacial score (nSPS) is 25.9. The molecule has 0 saturated carbocycles. The van der Waals surface area contributed by atoms with E-state index in [1.807, 2.05) is 15.9 Å². The molecule has 2 saturated heterocycles. The molecule has 1 amide bonds. The largest absolute Gasteiger partial charge is 0.378 e. The lowest BCUT2D eigenvalue weighted by Gasteiger charge is -2.37. The Kier molecular flexibility index (Phi) is 5.02. The van der Waals surface area contributed by atoms with Crippen LogP contribution in [0, 0.1) is 0 Å². The average molecular weight is 335 g/mol. The van der Waals surface area contributed by atoms with E-state index in [4.69, 9.17) is 17.0 Å². The van der Waals surface area contributed by atoms with Crippen LogP contribution in [0.2, 0.25) is 0 Å². The summed E-state index contributed by atoms with van der Waals surface area (Å²) in [5, 5.41) is 5.09. The van der Waals surface area contributed by atoms with E-state index < -0.39 is 0 Å². The van der Waals surface area contributed by atoms with Crippen LogP contribution in [0.3, 0.4) is 0 Å². The van der Waals surface area contributed by atoms with Crippen molar-refractivity contribution in [1.29, 1.82) is 0 Å². The van der Waals surface area contributed by atoms with Gasteiger partial charge in [0.15, 0.2) is 5.11 Å². The molecule has 0 aromatic heterocycles. The molecular weight excluding hydrogens is 314 g/mol. The van der Waals surface area contributed by atoms with Gasteiger partial charge in [0.1, 0.15) is 0 Å². The number of nitrogens with zero attached hydrogens (tertiary/aromatic N) is 4. The molecule has 23 heavy (non-hydrogen) atoms. The molecule has 8 heteroatoms. The molecule has 1 unspecified atom stereocenters. The van der Waals surface area contributed by atoms with Gasteiger partial charge in [0.2, 0.25) is 5.91 Å². The third-order valence-electron chi connectivity index (χ3n) is 4.24. The first-order valence-electron chi connectivity index (χ1n) is 7.86. The molecule has 3 rings (SSSR count). The number of carbonyl (C=O) groups excluding carboxylic acids is 1. The van der Waals surface area contributed by atoms with Gasteiger partial charge in [-0.3, -0.25) is 15.2 Å². The highest BCUT2D eigenvalue weighted by Gasteiger charge is 2.34. The SMILES string of the molecule is CC(=O)N1CC/C(=N/NC(=S)N2CCOCC2)C2=NC=CCC21. The van der Waals surface area contributed by atoms with E-state index in [0.717, 1.165) is 30.9 Å². The minimum absolute atomic E-state index is 0.0104. The first-order valence-corrected chi connectivity index (χ1v) is 8.27. The molecule has 0 aromatic rings. The molecule has 1 N–H and O–H groups in total. The number of ether oxygens (including phenoxy) is 1. The first kappa shape index (κ1) is 16.1. The standard InChI is InChI=1S/C15H21N5O2S/c1-11(21)20-6-4-12(14-13(20)3-2-5-16-14)17-18-15(23)19-7-9-22-10-8-19/h2,5,13H,3-4,6-10H2,1H3,(H,18,23)/b17-12-. The van der Waals surface area contributed by atoms with Crippen molar-refractivity contribution in [3.05, 3.63) is 12.3 Å².